The molecule has 0 spiro atoms. The smallest absolute Gasteiger partial charge is 0.306 e. The maximum Gasteiger partial charge on any atom is 0.306 e. The van der Waals surface area contributed by atoms with Crippen LogP contribution in [0.3, 0.4) is 0 Å². The van der Waals surface area contributed by atoms with Gasteiger partial charge in [-0.25, -0.2) is 9.97 Å². The quantitative estimate of drug-likeness (QED) is 0.426. The Morgan fingerprint density at radius 1 is 1.00 bits per heavy atom. The lowest BCUT2D eigenvalue weighted by molar-refractivity contribution is 0.606. The van der Waals surface area contributed by atoms with E-state index < -0.39 is 0 Å². The third-order valence-electron chi connectivity index (χ3n) is 3.29. The molecule has 3 heterocycles. The first-order chi connectivity index (χ1) is 10.8. The van der Waals surface area contributed by atoms with Gasteiger partial charge in [0.2, 0.25) is 0 Å². The molecule has 4 rings (SSSR count). The normalized spacial score (nSPS) is 11.1. The molecule has 0 bridgehead atoms. The Morgan fingerprint density at radius 3 is 2.64 bits per heavy atom. The van der Waals surface area contributed by atoms with Gasteiger partial charge < -0.3 is 4.42 Å². The minimum atomic E-state index is 0.554. The first-order valence-corrected chi connectivity index (χ1v) is 7.97. The van der Waals surface area contributed by atoms with Gasteiger partial charge in [0.1, 0.15) is 5.69 Å². The molecule has 3 aromatic heterocycles. The van der Waals surface area contributed by atoms with Crippen molar-refractivity contribution in [1.29, 1.82) is 0 Å². The van der Waals surface area contributed by atoms with Gasteiger partial charge in [-0.3, -0.25) is 4.40 Å². The highest BCUT2D eigenvalue weighted by Crippen LogP contribution is 2.25. The van der Waals surface area contributed by atoms with Crippen LogP contribution in [-0.4, -0.2) is 25.6 Å². The molecule has 0 fully saturated rings. The van der Waals surface area contributed by atoms with Gasteiger partial charge in [-0.15, -0.1) is 0 Å². The molecule has 0 N–H and O–H groups in total. The van der Waals surface area contributed by atoms with Gasteiger partial charge in [-0.2, -0.15) is 4.98 Å². The van der Waals surface area contributed by atoms with E-state index in [9.17, 15) is 0 Å². The van der Waals surface area contributed by atoms with Crippen molar-refractivity contribution in [2.75, 3.05) is 6.26 Å². The van der Waals surface area contributed by atoms with Crippen LogP contribution in [-0.2, 0) is 0 Å². The standard InChI is InChI=1S/C16H12N4OS/c1-22-15-17-8-7-12(18-15)14-10-20-9-13(19-16(20)21-14)11-5-3-2-4-6-11/h2-10H,1H3. The van der Waals surface area contributed by atoms with Gasteiger partial charge >= 0.3 is 5.84 Å². The van der Waals surface area contributed by atoms with E-state index in [-0.39, 0.29) is 0 Å². The molecule has 0 saturated heterocycles. The van der Waals surface area contributed by atoms with Gasteiger partial charge in [-0.1, -0.05) is 42.1 Å². The largest absolute Gasteiger partial charge is 0.421 e. The van der Waals surface area contributed by atoms with E-state index >= 15 is 0 Å². The van der Waals surface area contributed by atoms with Gasteiger partial charge in [-0.05, 0) is 12.3 Å². The molecular weight excluding hydrogens is 296 g/mol. The van der Waals surface area contributed by atoms with Crippen LogP contribution in [0.25, 0.3) is 28.6 Å². The first kappa shape index (κ1) is 13.1. The van der Waals surface area contributed by atoms with Crippen molar-refractivity contribution >= 4 is 17.6 Å². The van der Waals surface area contributed by atoms with E-state index in [1.807, 2.05) is 59.4 Å². The van der Waals surface area contributed by atoms with Crippen LogP contribution in [0.4, 0.5) is 0 Å². The van der Waals surface area contributed by atoms with Gasteiger partial charge in [0.15, 0.2) is 10.9 Å². The lowest BCUT2D eigenvalue weighted by atomic mass is 10.2. The topological polar surface area (TPSA) is 56.2 Å². The number of nitrogens with zero attached hydrogens (tertiary/aromatic N) is 4. The average molecular weight is 308 g/mol. The van der Waals surface area contributed by atoms with Crippen LogP contribution in [0, 0.1) is 0 Å². The number of aromatic nitrogens is 4. The number of rotatable bonds is 3. The van der Waals surface area contributed by atoms with Gasteiger partial charge in [0.25, 0.3) is 0 Å². The monoisotopic (exact) mass is 308 g/mol. The Bertz CT molecular complexity index is 898. The zero-order chi connectivity index (χ0) is 14.9. The van der Waals surface area contributed by atoms with E-state index in [0.29, 0.717) is 11.6 Å². The Morgan fingerprint density at radius 2 is 1.86 bits per heavy atom. The Hall–Kier alpha value is -2.60. The molecule has 0 saturated carbocycles. The zero-order valence-electron chi connectivity index (χ0n) is 11.8. The highest BCUT2D eigenvalue weighted by molar-refractivity contribution is 7.98. The fraction of sp³-hybridized carbons (Fsp3) is 0.0625. The number of thioether (sulfide) groups is 1. The average Bonchev–Trinajstić information content (AvgIpc) is 3.14. The SMILES string of the molecule is CSc1nccc(-c2cn3cc(-c4ccccc4)nc3o2)n1. The maximum absolute atomic E-state index is 5.81. The molecule has 0 aliphatic carbocycles. The molecule has 0 aliphatic heterocycles. The van der Waals surface area contributed by atoms with Crippen molar-refractivity contribution in [2.24, 2.45) is 0 Å². The van der Waals surface area contributed by atoms with Crippen LogP contribution in [0.2, 0.25) is 0 Å². The van der Waals surface area contributed by atoms with E-state index in [1.54, 1.807) is 6.20 Å². The predicted molar refractivity (Wildman–Crippen MR) is 85.7 cm³/mol. The van der Waals surface area contributed by atoms with E-state index in [0.717, 1.165) is 22.1 Å². The first-order valence-electron chi connectivity index (χ1n) is 6.75. The second kappa shape index (κ2) is 5.31. The Balaban J connectivity index is 1.75. The van der Waals surface area contributed by atoms with Crippen molar-refractivity contribution in [3.63, 3.8) is 0 Å². The summed E-state index contributed by atoms with van der Waals surface area (Å²) < 4.78 is 7.68. The summed E-state index contributed by atoms with van der Waals surface area (Å²) >= 11 is 1.50. The summed E-state index contributed by atoms with van der Waals surface area (Å²) in [4.78, 5) is 13.1. The van der Waals surface area contributed by atoms with Crippen molar-refractivity contribution in [2.45, 2.75) is 5.16 Å². The minimum Gasteiger partial charge on any atom is -0.421 e. The number of hydrogen-bond donors (Lipinski definition) is 0. The minimum absolute atomic E-state index is 0.554. The van der Waals surface area contributed by atoms with Gasteiger partial charge in [0.05, 0.1) is 11.9 Å². The number of hydrogen-bond acceptors (Lipinski definition) is 5. The summed E-state index contributed by atoms with van der Waals surface area (Å²) in [6, 6.07) is 11.9. The molecule has 0 amide bonds. The second-order valence-corrected chi connectivity index (χ2v) is 5.48. The molecule has 1 aromatic carbocycles. The molecule has 0 unspecified atom stereocenters. The van der Waals surface area contributed by atoms with Crippen LogP contribution in [0.5, 0.6) is 0 Å². The van der Waals surface area contributed by atoms with Gasteiger partial charge in [0, 0.05) is 18.0 Å². The molecule has 0 atom stereocenters. The molecule has 6 heteroatoms. The fourth-order valence-corrected chi connectivity index (χ4v) is 2.59. The third kappa shape index (κ3) is 2.27. The summed E-state index contributed by atoms with van der Waals surface area (Å²) in [5, 5.41) is 0.719. The van der Waals surface area contributed by atoms with Crippen molar-refractivity contribution in [1.82, 2.24) is 19.4 Å². The molecular formula is C16H12N4OS. The number of imidazole rings is 1. The fourth-order valence-electron chi connectivity index (χ4n) is 2.24. The number of oxazole rings is 1. The molecule has 4 aromatic rings. The lowest BCUT2D eigenvalue weighted by Crippen LogP contribution is -1.87. The number of benzene rings is 1. The summed E-state index contributed by atoms with van der Waals surface area (Å²) in [6.45, 7) is 0. The predicted octanol–water partition coefficient (Wildman–Crippen LogP) is 3.77. The van der Waals surface area contributed by atoms with Crippen molar-refractivity contribution in [3.05, 3.63) is 55.0 Å². The highest BCUT2D eigenvalue weighted by Gasteiger charge is 2.12. The summed E-state index contributed by atoms with van der Waals surface area (Å²) in [5.74, 6) is 1.23. The zero-order valence-corrected chi connectivity index (χ0v) is 12.6. The van der Waals surface area contributed by atoms with E-state index in [1.165, 1.54) is 11.8 Å². The van der Waals surface area contributed by atoms with E-state index in [4.69, 9.17) is 4.42 Å². The second-order valence-electron chi connectivity index (χ2n) is 4.71. The Labute approximate surface area is 131 Å². The van der Waals surface area contributed by atoms with E-state index in [2.05, 4.69) is 15.0 Å². The molecule has 0 aliphatic rings. The van der Waals surface area contributed by atoms with Crippen LogP contribution in [0.1, 0.15) is 0 Å². The summed E-state index contributed by atoms with van der Waals surface area (Å²) in [7, 11) is 0. The lowest BCUT2D eigenvalue weighted by Gasteiger charge is -1.97. The number of fused-ring (bicyclic) bond motifs is 1. The van der Waals surface area contributed by atoms with Crippen LogP contribution < -0.4 is 0 Å². The maximum atomic E-state index is 5.81. The molecule has 5 nitrogen and oxygen atoms in total. The highest BCUT2D eigenvalue weighted by atomic mass is 32.2. The molecule has 108 valence electrons. The van der Waals surface area contributed by atoms with Crippen LogP contribution in [0.15, 0.2) is 64.6 Å². The molecule has 0 radical (unpaired) electrons. The Kier molecular flexibility index (Phi) is 3.16. The summed E-state index contributed by atoms with van der Waals surface area (Å²) in [5.41, 5.74) is 2.71. The molecule has 22 heavy (non-hydrogen) atoms. The third-order valence-corrected chi connectivity index (χ3v) is 3.86. The van der Waals surface area contributed by atoms with Crippen molar-refractivity contribution < 1.29 is 4.42 Å². The van der Waals surface area contributed by atoms with Crippen LogP contribution >= 0.6 is 11.8 Å². The van der Waals surface area contributed by atoms with Crippen molar-refractivity contribution in [3.8, 4) is 22.7 Å². The summed E-state index contributed by atoms with van der Waals surface area (Å²) in [6.07, 6.45) is 7.52.